The van der Waals surface area contributed by atoms with Crippen molar-refractivity contribution in [3.8, 4) is 0 Å². The summed E-state index contributed by atoms with van der Waals surface area (Å²) in [5, 5.41) is 3.62. The molecule has 0 saturated carbocycles. The number of benzene rings is 2. The highest BCUT2D eigenvalue weighted by Gasteiger charge is 2.21. The lowest BCUT2D eigenvalue weighted by atomic mass is 9.98. The number of nitrogens with one attached hydrogen (secondary N) is 2. The first-order chi connectivity index (χ1) is 14.4. The number of ketones is 1. The second-order valence-electron chi connectivity index (χ2n) is 6.57. The Balaban J connectivity index is 2.51. The summed E-state index contributed by atoms with van der Waals surface area (Å²) in [5.74, 6) is -0.543. The van der Waals surface area contributed by atoms with E-state index in [-0.39, 0.29) is 16.8 Å². The van der Waals surface area contributed by atoms with E-state index >= 15 is 0 Å². The van der Waals surface area contributed by atoms with Crippen LogP contribution in [0.4, 0.5) is 10.5 Å². The molecule has 2 rings (SSSR count). The molecular formula is C22H25N3O4S. The molecule has 0 spiro atoms. The molecule has 30 heavy (non-hydrogen) atoms. The topological polar surface area (TPSA) is 87.7 Å². The lowest BCUT2D eigenvalue weighted by Crippen LogP contribution is -2.52. The number of alkyl carbamates (subject to hydrolysis) is 1. The molecule has 0 saturated heterocycles. The first-order valence-electron chi connectivity index (χ1n) is 9.56. The first kappa shape index (κ1) is 23.0. The highest BCUT2D eigenvalue weighted by molar-refractivity contribution is 7.80. The van der Waals surface area contributed by atoms with Gasteiger partial charge in [0, 0.05) is 18.1 Å². The molecule has 0 heterocycles. The van der Waals surface area contributed by atoms with Crippen molar-refractivity contribution in [2.24, 2.45) is 0 Å². The number of methoxy groups -OCH3 is 1. The van der Waals surface area contributed by atoms with Crippen LogP contribution in [-0.2, 0) is 16.0 Å². The molecule has 2 N–H and O–H groups in total. The molecule has 0 aliphatic heterocycles. The number of unbranched alkanes of at least 4 members (excludes halogenated alkanes) is 1. The average molecular weight is 428 g/mol. The van der Waals surface area contributed by atoms with Crippen molar-refractivity contribution in [2.75, 3.05) is 12.1 Å². The van der Waals surface area contributed by atoms with Crippen LogP contribution in [0.15, 0.2) is 48.5 Å². The Morgan fingerprint density at radius 2 is 1.77 bits per heavy atom. The average Bonchev–Trinajstić information content (AvgIpc) is 2.75. The molecule has 158 valence electrons. The quantitative estimate of drug-likeness (QED) is 0.415. The second kappa shape index (κ2) is 11.1. The number of rotatable bonds is 6. The zero-order chi connectivity index (χ0) is 22.1. The van der Waals surface area contributed by atoms with Gasteiger partial charge in [0.1, 0.15) is 0 Å². The van der Waals surface area contributed by atoms with Gasteiger partial charge in [0.15, 0.2) is 5.78 Å². The maximum atomic E-state index is 12.9. The van der Waals surface area contributed by atoms with Crippen LogP contribution in [0.5, 0.6) is 0 Å². The van der Waals surface area contributed by atoms with Crippen LogP contribution in [-0.4, -0.2) is 30.0 Å². The number of hydrogen-bond acceptors (Lipinski definition) is 5. The van der Waals surface area contributed by atoms with E-state index in [2.05, 4.69) is 22.4 Å². The van der Waals surface area contributed by atoms with Gasteiger partial charge in [0.25, 0.3) is 0 Å². The molecular weight excluding hydrogens is 402 g/mol. The molecule has 0 fully saturated rings. The van der Waals surface area contributed by atoms with E-state index in [9.17, 15) is 14.4 Å². The summed E-state index contributed by atoms with van der Waals surface area (Å²) >= 11 is 5.31. The standard InChI is InChI=1S/C22H25N3O4S/c1-4-5-9-16-12-13-18(20(27)17-10-7-6-8-11-17)14-19(16)25(24-15(2)26)21(30)23-22(28)29-3/h6-8,10-14H,4-5,9H2,1-3H3,(H,24,26)(H,23,28,30). The zero-order valence-electron chi connectivity index (χ0n) is 17.2. The summed E-state index contributed by atoms with van der Waals surface area (Å²) in [4.78, 5) is 36.4. The highest BCUT2D eigenvalue weighted by atomic mass is 32.1. The molecule has 2 amide bonds. The van der Waals surface area contributed by atoms with Crippen LogP contribution in [0.1, 0.15) is 48.2 Å². The van der Waals surface area contributed by atoms with Crippen molar-refractivity contribution in [3.05, 3.63) is 65.2 Å². The molecule has 0 unspecified atom stereocenters. The molecule has 0 radical (unpaired) electrons. The van der Waals surface area contributed by atoms with E-state index in [1.54, 1.807) is 36.4 Å². The number of hydrogen-bond donors (Lipinski definition) is 2. The van der Waals surface area contributed by atoms with Gasteiger partial charge < -0.3 is 4.74 Å². The summed E-state index contributed by atoms with van der Waals surface area (Å²) in [5.41, 5.74) is 5.00. The van der Waals surface area contributed by atoms with Crippen LogP contribution in [0, 0.1) is 0 Å². The lowest BCUT2D eigenvalue weighted by molar-refractivity contribution is -0.118. The Kier molecular flexibility index (Phi) is 8.49. The molecule has 0 aliphatic rings. The van der Waals surface area contributed by atoms with Gasteiger partial charge in [0.05, 0.1) is 12.8 Å². The minimum atomic E-state index is -0.762. The number of carbonyl (C=O) groups is 3. The molecule has 0 bridgehead atoms. The van der Waals surface area contributed by atoms with Gasteiger partial charge in [0.2, 0.25) is 11.0 Å². The van der Waals surface area contributed by atoms with Gasteiger partial charge in [-0.1, -0.05) is 55.8 Å². The van der Waals surface area contributed by atoms with Gasteiger partial charge >= 0.3 is 6.09 Å². The van der Waals surface area contributed by atoms with E-state index in [0.29, 0.717) is 23.2 Å². The van der Waals surface area contributed by atoms with Gasteiger partial charge in [-0.15, -0.1) is 0 Å². The summed E-state index contributed by atoms with van der Waals surface area (Å²) in [6.45, 7) is 3.40. The lowest BCUT2D eigenvalue weighted by Gasteiger charge is -2.27. The van der Waals surface area contributed by atoms with E-state index in [1.807, 2.05) is 12.1 Å². The van der Waals surface area contributed by atoms with Crippen LogP contribution < -0.4 is 15.8 Å². The van der Waals surface area contributed by atoms with Gasteiger partial charge in [-0.05, 0) is 36.7 Å². The van der Waals surface area contributed by atoms with Gasteiger partial charge in [-0.3, -0.25) is 20.3 Å². The van der Waals surface area contributed by atoms with Crippen LogP contribution in [0.2, 0.25) is 0 Å². The predicted octanol–water partition coefficient (Wildman–Crippen LogP) is 3.76. The summed E-state index contributed by atoms with van der Waals surface area (Å²) < 4.78 is 4.60. The maximum Gasteiger partial charge on any atom is 0.413 e. The summed E-state index contributed by atoms with van der Waals surface area (Å²) in [7, 11) is 1.21. The number of aryl methyl sites for hydroxylation is 1. The number of nitrogens with zero attached hydrogens (tertiary/aromatic N) is 1. The Morgan fingerprint density at radius 3 is 2.37 bits per heavy atom. The number of carbonyl (C=O) groups excluding carboxylic acids is 3. The summed E-state index contributed by atoms with van der Waals surface area (Å²) in [6.07, 6.45) is 1.82. The molecule has 0 atom stereocenters. The molecule has 2 aromatic rings. The van der Waals surface area contributed by atoms with Crippen LogP contribution in [0.3, 0.4) is 0 Å². The monoisotopic (exact) mass is 427 g/mol. The number of amides is 2. The van der Waals surface area contributed by atoms with Crippen molar-refractivity contribution in [1.82, 2.24) is 10.7 Å². The molecule has 2 aromatic carbocycles. The van der Waals surface area contributed by atoms with Crippen molar-refractivity contribution < 1.29 is 19.1 Å². The van der Waals surface area contributed by atoms with Crippen molar-refractivity contribution in [3.63, 3.8) is 0 Å². The number of thiocarbonyl (C=S) groups is 1. The fraction of sp³-hybridized carbons (Fsp3) is 0.273. The Hall–Kier alpha value is -3.26. The molecule has 0 aromatic heterocycles. The zero-order valence-corrected chi connectivity index (χ0v) is 18.0. The molecule has 7 nitrogen and oxygen atoms in total. The largest absolute Gasteiger partial charge is 0.453 e. The highest BCUT2D eigenvalue weighted by Crippen LogP contribution is 2.25. The Morgan fingerprint density at radius 1 is 1.07 bits per heavy atom. The number of ether oxygens (including phenoxy) is 1. The van der Waals surface area contributed by atoms with Crippen molar-refractivity contribution >= 4 is 40.8 Å². The van der Waals surface area contributed by atoms with Crippen molar-refractivity contribution in [2.45, 2.75) is 33.1 Å². The third kappa shape index (κ3) is 6.12. The maximum absolute atomic E-state index is 12.9. The Labute approximate surface area is 181 Å². The summed E-state index contributed by atoms with van der Waals surface area (Å²) in [6, 6.07) is 14.2. The minimum Gasteiger partial charge on any atom is -0.453 e. The fourth-order valence-electron chi connectivity index (χ4n) is 2.82. The normalized spacial score (nSPS) is 10.1. The van der Waals surface area contributed by atoms with Gasteiger partial charge in [-0.25, -0.2) is 9.80 Å². The molecule has 8 heteroatoms. The predicted molar refractivity (Wildman–Crippen MR) is 119 cm³/mol. The van der Waals surface area contributed by atoms with Gasteiger partial charge in [-0.2, -0.15) is 0 Å². The SMILES string of the molecule is CCCCc1ccc(C(=O)c2ccccc2)cc1N(NC(C)=O)C(=S)NC(=O)OC. The minimum absolute atomic E-state index is 0.0703. The molecule has 0 aliphatic carbocycles. The van der Waals surface area contributed by atoms with Crippen LogP contribution >= 0.6 is 12.2 Å². The third-order valence-corrected chi connectivity index (χ3v) is 4.58. The Bertz CT molecular complexity index is 931. The van der Waals surface area contributed by atoms with Crippen molar-refractivity contribution in [1.29, 1.82) is 0 Å². The smallest absolute Gasteiger partial charge is 0.413 e. The van der Waals surface area contributed by atoms with E-state index in [1.165, 1.54) is 19.0 Å². The first-order valence-corrected chi connectivity index (χ1v) is 9.97. The second-order valence-corrected chi connectivity index (χ2v) is 6.95. The van der Waals surface area contributed by atoms with E-state index in [0.717, 1.165) is 18.4 Å². The number of hydrazine groups is 1. The fourth-order valence-corrected chi connectivity index (χ4v) is 3.05. The van der Waals surface area contributed by atoms with E-state index < -0.39 is 6.09 Å². The third-order valence-electron chi connectivity index (χ3n) is 4.29. The number of anilines is 1. The van der Waals surface area contributed by atoms with E-state index in [4.69, 9.17) is 12.2 Å². The van der Waals surface area contributed by atoms with Crippen LogP contribution in [0.25, 0.3) is 0 Å².